The van der Waals surface area contributed by atoms with Gasteiger partial charge in [0.2, 0.25) is 11.8 Å². The van der Waals surface area contributed by atoms with E-state index in [0.717, 1.165) is 25.7 Å². The summed E-state index contributed by atoms with van der Waals surface area (Å²) in [4.78, 5) is 39.1. The average Bonchev–Trinajstić information content (AvgIpc) is 2.95. The Hall–Kier alpha value is -2.66. The summed E-state index contributed by atoms with van der Waals surface area (Å²) in [5, 5.41) is 0.546. The Bertz CT molecular complexity index is 885. The van der Waals surface area contributed by atoms with Crippen LogP contribution in [-0.2, 0) is 9.59 Å². The van der Waals surface area contributed by atoms with E-state index in [9.17, 15) is 14.4 Å². The van der Waals surface area contributed by atoms with Crippen molar-refractivity contribution in [3.8, 4) is 5.75 Å². The highest BCUT2D eigenvalue weighted by Crippen LogP contribution is 2.40. The Balaban J connectivity index is 1.57. The van der Waals surface area contributed by atoms with Crippen LogP contribution in [0.25, 0.3) is 0 Å². The van der Waals surface area contributed by atoms with Gasteiger partial charge in [-0.1, -0.05) is 30.5 Å². The zero-order valence-electron chi connectivity index (χ0n) is 14.6. The van der Waals surface area contributed by atoms with Crippen LogP contribution in [-0.4, -0.2) is 17.8 Å². The summed E-state index contributed by atoms with van der Waals surface area (Å²) in [6.07, 6.45) is 3.46. The fourth-order valence-corrected chi connectivity index (χ4v) is 3.98. The molecule has 1 heterocycles. The van der Waals surface area contributed by atoms with Gasteiger partial charge in [-0.05, 0) is 55.3 Å². The molecule has 1 aliphatic carbocycles. The van der Waals surface area contributed by atoms with Gasteiger partial charge >= 0.3 is 5.97 Å². The number of carbonyl (C=O) groups is 3. The molecule has 1 saturated carbocycles. The lowest BCUT2D eigenvalue weighted by molar-refractivity contribution is -0.122. The molecule has 2 atom stereocenters. The van der Waals surface area contributed by atoms with E-state index >= 15 is 0 Å². The molecule has 4 rings (SSSR count). The molecule has 2 amide bonds. The van der Waals surface area contributed by atoms with Crippen LogP contribution in [0.4, 0.5) is 5.69 Å². The molecular weight excluding hydrogens is 366 g/mol. The van der Waals surface area contributed by atoms with Crippen molar-refractivity contribution < 1.29 is 19.1 Å². The molecule has 6 heteroatoms. The van der Waals surface area contributed by atoms with Gasteiger partial charge in [0.1, 0.15) is 5.75 Å². The SMILES string of the molecule is O=C(Oc1ccc(Cl)cc1)c1cccc(N2C(=O)[C@@H]3CCCC[C@H]3C2=O)c1. The van der Waals surface area contributed by atoms with Crippen molar-refractivity contribution in [2.45, 2.75) is 25.7 Å². The fourth-order valence-electron chi connectivity index (χ4n) is 3.86. The molecule has 1 saturated heterocycles. The molecule has 0 spiro atoms. The molecule has 0 unspecified atom stereocenters. The number of fused-ring (bicyclic) bond motifs is 1. The molecule has 2 fully saturated rings. The van der Waals surface area contributed by atoms with E-state index in [0.29, 0.717) is 16.5 Å². The van der Waals surface area contributed by atoms with Crippen LogP contribution in [0.3, 0.4) is 0 Å². The monoisotopic (exact) mass is 383 g/mol. The van der Waals surface area contributed by atoms with Crippen LogP contribution in [0.1, 0.15) is 36.0 Å². The summed E-state index contributed by atoms with van der Waals surface area (Å²) in [6.45, 7) is 0. The van der Waals surface area contributed by atoms with Gasteiger partial charge in [0.15, 0.2) is 0 Å². The Morgan fingerprint density at radius 2 is 1.59 bits per heavy atom. The molecule has 2 aliphatic rings. The lowest BCUT2D eigenvalue weighted by Crippen LogP contribution is -2.31. The van der Waals surface area contributed by atoms with Gasteiger partial charge in [0.05, 0.1) is 23.1 Å². The minimum Gasteiger partial charge on any atom is -0.423 e. The van der Waals surface area contributed by atoms with Gasteiger partial charge in [-0.25, -0.2) is 4.79 Å². The number of hydrogen-bond donors (Lipinski definition) is 0. The quantitative estimate of drug-likeness (QED) is 0.452. The first kappa shape index (κ1) is 17.7. The van der Waals surface area contributed by atoms with Gasteiger partial charge in [0, 0.05) is 5.02 Å². The lowest BCUT2D eigenvalue weighted by Gasteiger charge is -2.19. The van der Waals surface area contributed by atoms with Gasteiger partial charge in [-0.3, -0.25) is 14.5 Å². The largest absolute Gasteiger partial charge is 0.423 e. The zero-order valence-corrected chi connectivity index (χ0v) is 15.3. The van der Waals surface area contributed by atoms with Crippen LogP contribution >= 0.6 is 11.6 Å². The second kappa shape index (κ2) is 7.16. The molecule has 138 valence electrons. The van der Waals surface area contributed by atoms with E-state index < -0.39 is 5.97 Å². The number of anilines is 1. The predicted molar refractivity (Wildman–Crippen MR) is 101 cm³/mol. The first-order chi connectivity index (χ1) is 13.0. The van der Waals surface area contributed by atoms with E-state index in [4.69, 9.17) is 16.3 Å². The standard InChI is InChI=1S/C21H18ClNO4/c22-14-8-10-16(11-9-14)27-21(26)13-4-3-5-15(12-13)23-19(24)17-6-1-2-7-18(17)20(23)25/h3-5,8-12,17-18H,1-2,6-7H2/t17-,18-/m1/s1. The number of imide groups is 1. The molecule has 27 heavy (non-hydrogen) atoms. The Kier molecular flexibility index (Phi) is 4.70. The van der Waals surface area contributed by atoms with E-state index in [1.807, 2.05) is 0 Å². The maximum Gasteiger partial charge on any atom is 0.343 e. The van der Waals surface area contributed by atoms with Crippen molar-refractivity contribution in [1.82, 2.24) is 0 Å². The van der Waals surface area contributed by atoms with Crippen molar-refractivity contribution in [2.75, 3.05) is 4.90 Å². The molecular formula is C21H18ClNO4. The first-order valence-electron chi connectivity index (χ1n) is 9.00. The van der Waals surface area contributed by atoms with Crippen molar-refractivity contribution in [1.29, 1.82) is 0 Å². The predicted octanol–water partition coefficient (Wildman–Crippen LogP) is 4.24. The molecule has 2 aromatic rings. The van der Waals surface area contributed by atoms with Crippen LogP contribution < -0.4 is 9.64 Å². The third-order valence-corrected chi connectivity index (χ3v) is 5.46. The summed E-state index contributed by atoms with van der Waals surface area (Å²) >= 11 is 5.83. The van der Waals surface area contributed by atoms with Crippen LogP contribution in [0, 0.1) is 11.8 Å². The third-order valence-electron chi connectivity index (χ3n) is 5.21. The van der Waals surface area contributed by atoms with E-state index in [1.165, 1.54) is 11.0 Å². The lowest BCUT2D eigenvalue weighted by atomic mass is 9.81. The third kappa shape index (κ3) is 3.35. The van der Waals surface area contributed by atoms with E-state index in [1.54, 1.807) is 42.5 Å². The number of nitrogens with zero attached hydrogens (tertiary/aromatic N) is 1. The molecule has 0 N–H and O–H groups in total. The zero-order chi connectivity index (χ0) is 19.0. The fraction of sp³-hybridized carbons (Fsp3) is 0.286. The summed E-state index contributed by atoms with van der Waals surface area (Å²) < 4.78 is 5.34. The Labute approximate surface area is 161 Å². The van der Waals surface area contributed by atoms with Crippen LogP contribution in [0.15, 0.2) is 48.5 Å². The number of esters is 1. The Morgan fingerprint density at radius 1 is 0.963 bits per heavy atom. The van der Waals surface area contributed by atoms with Crippen LogP contribution in [0.2, 0.25) is 5.02 Å². The van der Waals surface area contributed by atoms with Crippen molar-refractivity contribution in [2.24, 2.45) is 11.8 Å². The topological polar surface area (TPSA) is 63.7 Å². The normalized spacial score (nSPS) is 21.9. The second-order valence-corrected chi connectivity index (χ2v) is 7.34. The second-order valence-electron chi connectivity index (χ2n) is 6.90. The average molecular weight is 384 g/mol. The van der Waals surface area contributed by atoms with Gasteiger partial charge in [-0.15, -0.1) is 0 Å². The van der Waals surface area contributed by atoms with Gasteiger partial charge in [-0.2, -0.15) is 0 Å². The highest BCUT2D eigenvalue weighted by atomic mass is 35.5. The van der Waals surface area contributed by atoms with Crippen molar-refractivity contribution in [3.63, 3.8) is 0 Å². The number of rotatable bonds is 3. The molecule has 2 aromatic carbocycles. The summed E-state index contributed by atoms with van der Waals surface area (Å²) in [6, 6.07) is 12.9. The maximum atomic E-state index is 12.7. The molecule has 0 aromatic heterocycles. The van der Waals surface area contributed by atoms with Gasteiger partial charge < -0.3 is 4.74 Å². The van der Waals surface area contributed by atoms with E-state index in [-0.39, 0.29) is 29.2 Å². The van der Waals surface area contributed by atoms with Crippen molar-refractivity contribution in [3.05, 3.63) is 59.1 Å². The minimum absolute atomic E-state index is 0.159. The van der Waals surface area contributed by atoms with Crippen molar-refractivity contribution >= 4 is 35.1 Å². The molecule has 5 nitrogen and oxygen atoms in total. The molecule has 1 aliphatic heterocycles. The smallest absolute Gasteiger partial charge is 0.343 e. The number of benzene rings is 2. The number of carbonyl (C=O) groups excluding carboxylic acids is 3. The maximum absolute atomic E-state index is 12.7. The number of halogens is 1. The summed E-state index contributed by atoms with van der Waals surface area (Å²) in [5.41, 5.74) is 0.697. The van der Waals surface area contributed by atoms with Crippen LogP contribution in [0.5, 0.6) is 5.75 Å². The van der Waals surface area contributed by atoms with Gasteiger partial charge in [0.25, 0.3) is 0 Å². The summed E-state index contributed by atoms with van der Waals surface area (Å²) in [5.74, 6) is -0.961. The minimum atomic E-state index is -0.560. The van der Waals surface area contributed by atoms with E-state index in [2.05, 4.69) is 0 Å². The molecule has 0 radical (unpaired) electrons. The molecule has 0 bridgehead atoms. The number of ether oxygens (including phenoxy) is 1. The highest BCUT2D eigenvalue weighted by molar-refractivity contribution is 6.30. The first-order valence-corrected chi connectivity index (χ1v) is 9.38. The number of hydrogen-bond acceptors (Lipinski definition) is 4. The Morgan fingerprint density at radius 3 is 2.22 bits per heavy atom. The number of amides is 2. The summed E-state index contributed by atoms with van der Waals surface area (Å²) in [7, 11) is 0. The highest BCUT2D eigenvalue weighted by Gasteiger charge is 2.48.